The minimum atomic E-state index is -0.181. The van der Waals surface area contributed by atoms with E-state index in [2.05, 4.69) is 15.5 Å². The van der Waals surface area contributed by atoms with Crippen LogP contribution < -0.4 is 5.32 Å². The van der Waals surface area contributed by atoms with Crippen molar-refractivity contribution >= 4 is 23.2 Å². The molecule has 1 amide bonds. The molecule has 1 aromatic heterocycles. The van der Waals surface area contributed by atoms with E-state index in [1.807, 2.05) is 19.1 Å². The van der Waals surface area contributed by atoms with Crippen LogP contribution in [0, 0.1) is 6.92 Å². The Hall–Kier alpha value is -1.81. The zero-order chi connectivity index (χ0) is 13.4. The van der Waals surface area contributed by atoms with E-state index in [0.29, 0.717) is 16.4 Å². The molecular formula is C14H14ClN3O. The lowest BCUT2D eigenvalue weighted by Gasteiger charge is -2.06. The number of aryl methyl sites for hydroxylation is 2. The Balaban J connectivity index is 1.83. The van der Waals surface area contributed by atoms with E-state index in [1.165, 1.54) is 0 Å². The summed E-state index contributed by atoms with van der Waals surface area (Å²) in [5.74, 6) is -0.181. The number of hydrogen-bond acceptors (Lipinski definition) is 2. The van der Waals surface area contributed by atoms with Gasteiger partial charge in [0.2, 0.25) is 0 Å². The lowest BCUT2D eigenvalue weighted by molar-refractivity contribution is 0.102. The number of nitrogens with one attached hydrogen (secondary N) is 2. The van der Waals surface area contributed by atoms with Crippen LogP contribution in [0.3, 0.4) is 0 Å². The molecule has 2 N–H and O–H groups in total. The molecular weight excluding hydrogens is 262 g/mol. The fourth-order valence-corrected chi connectivity index (χ4v) is 2.55. The van der Waals surface area contributed by atoms with Crippen LogP contribution in [0.5, 0.6) is 0 Å². The first-order chi connectivity index (χ1) is 9.15. The fourth-order valence-electron chi connectivity index (χ4n) is 2.37. The number of amides is 1. The van der Waals surface area contributed by atoms with Gasteiger partial charge in [-0.1, -0.05) is 17.7 Å². The predicted octanol–water partition coefficient (Wildman–Crippen LogP) is 3.11. The SMILES string of the molecule is Cc1ccc(NC(=O)c2n[nH]c3c2CCC3)cc1Cl. The first-order valence-corrected chi connectivity index (χ1v) is 6.66. The number of hydrogen-bond donors (Lipinski definition) is 2. The summed E-state index contributed by atoms with van der Waals surface area (Å²) in [6.45, 7) is 1.93. The normalized spacial score (nSPS) is 13.4. The highest BCUT2D eigenvalue weighted by molar-refractivity contribution is 6.31. The summed E-state index contributed by atoms with van der Waals surface area (Å²) in [6, 6.07) is 5.47. The van der Waals surface area contributed by atoms with E-state index in [0.717, 1.165) is 36.1 Å². The smallest absolute Gasteiger partial charge is 0.276 e. The maximum atomic E-state index is 12.2. The molecule has 5 heteroatoms. The molecule has 19 heavy (non-hydrogen) atoms. The van der Waals surface area contributed by atoms with Gasteiger partial charge in [0.25, 0.3) is 5.91 Å². The largest absolute Gasteiger partial charge is 0.321 e. The minimum Gasteiger partial charge on any atom is -0.321 e. The first kappa shape index (κ1) is 12.2. The van der Waals surface area contributed by atoms with Gasteiger partial charge >= 0.3 is 0 Å². The zero-order valence-corrected chi connectivity index (χ0v) is 11.3. The Bertz CT molecular complexity index is 648. The summed E-state index contributed by atoms with van der Waals surface area (Å²) in [5, 5.41) is 10.5. The molecule has 3 rings (SSSR count). The van der Waals surface area contributed by atoms with Gasteiger partial charge in [-0.25, -0.2) is 0 Å². The van der Waals surface area contributed by atoms with E-state index in [9.17, 15) is 4.79 Å². The number of H-pyrrole nitrogens is 1. The lowest BCUT2D eigenvalue weighted by atomic mass is 10.2. The van der Waals surface area contributed by atoms with Crippen LogP contribution in [-0.4, -0.2) is 16.1 Å². The maximum absolute atomic E-state index is 12.2. The Morgan fingerprint density at radius 2 is 2.26 bits per heavy atom. The van der Waals surface area contributed by atoms with Crippen molar-refractivity contribution in [3.63, 3.8) is 0 Å². The number of aromatic amines is 1. The van der Waals surface area contributed by atoms with Crippen molar-refractivity contribution in [3.8, 4) is 0 Å². The van der Waals surface area contributed by atoms with Crippen molar-refractivity contribution < 1.29 is 4.79 Å². The predicted molar refractivity (Wildman–Crippen MR) is 74.8 cm³/mol. The highest BCUT2D eigenvalue weighted by Gasteiger charge is 2.22. The highest BCUT2D eigenvalue weighted by atomic mass is 35.5. The fraction of sp³-hybridized carbons (Fsp3) is 0.286. The number of carbonyl (C=O) groups is 1. The molecule has 1 aromatic carbocycles. The Labute approximate surface area is 116 Å². The molecule has 0 bridgehead atoms. The van der Waals surface area contributed by atoms with E-state index in [4.69, 9.17) is 11.6 Å². The summed E-state index contributed by atoms with van der Waals surface area (Å²) in [4.78, 5) is 12.2. The summed E-state index contributed by atoms with van der Waals surface area (Å²) < 4.78 is 0. The number of carbonyl (C=O) groups excluding carboxylic acids is 1. The summed E-state index contributed by atoms with van der Waals surface area (Å²) in [5.41, 5.74) is 4.32. The quantitative estimate of drug-likeness (QED) is 0.885. The number of rotatable bonds is 2. The van der Waals surface area contributed by atoms with E-state index in [1.54, 1.807) is 6.07 Å². The van der Waals surface area contributed by atoms with Gasteiger partial charge < -0.3 is 5.32 Å². The first-order valence-electron chi connectivity index (χ1n) is 6.29. The van der Waals surface area contributed by atoms with Crippen molar-refractivity contribution in [2.24, 2.45) is 0 Å². The van der Waals surface area contributed by atoms with E-state index in [-0.39, 0.29) is 5.91 Å². The minimum absolute atomic E-state index is 0.181. The lowest BCUT2D eigenvalue weighted by Crippen LogP contribution is -2.14. The Kier molecular flexibility index (Phi) is 3.03. The second kappa shape index (κ2) is 4.70. The summed E-state index contributed by atoms with van der Waals surface area (Å²) in [6.07, 6.45) is 2.98. The van der Waals surface area contributed by atoms with Crippen LogP contribution in [0.1, 0.15) is 33.7 Å². The third kappa shape index (κ3) is 2.24. The van der Waals surface area contributed by atoms with Gasteiger partial charge in [-0.2, -0.15) is 5.10 Å². The van der Waals surface area contributed by atoms with Gasteiger partial charge in [0.15, 0.2) is 5.69 Å². The number of aromatic nitrogens is 2. The van der Waals surface area contributed by atoms with Gasteiger partial charge in [0.1, 0.15) is 0 Å². The Morgan fingerprint density at radius 3 is 3.05 bits per heavy atom. The molecule has 1 heterocycles. The van der Waals surface area contributed by atoms with E-state index >= 15 is 0 Å². The standard InChI is InChI=1S/C14H14ClN3O/c1-8-5-6-9(7-11(8)15)16-14(19)13-10-3-2-4-12(10)17-18-13/h5-7H,2-4H2,1H3,(H,16,19)(H,17,18). The van der Waals surface area contributed by atoms with Gasteiger partial charge in [-0.05, 0) is 43.9 Å². The van der Waals surface area contributed by atoms with E-state index < -0.39 is 0 Å². The molecule has 0 fully saturated rings. The van der Waals surface area contributed by atoms with Crippen molar-refractivity contribution in [2.45, 2.75) is 26.2 Å². The van der Waals surface area contributed by atoms with Crippen LogP contribution in [0.15, 0.2) is 18.2 Å². The second-order valence-corrected chi connectivity index (χ2v) is 5.21. The third-order valence-electron chi connectivity index (χ3n) is 3.45. The van der Waals surface area contributed by atoms with Crippen LogP contribution in [0.2, 0.25) is 5.02 Å². The average molecular weight is 276 g/mol. The molecule has 1 aliphatic rings. The number of nitrogens with zero attached hydrogens (tertiary/aromatic N) is 1. The van der Waals surface area contributed by atoms with Crippen LogP contribution in [0.4, 0.5) is 5.69 Å². The molecule has 0 unspecified atom stereocenters. The molecule has 4 nitrogen and oxygen atoms in total. The molecule has 0 atom stereocenters. The zero-order valence-electron chi connectivity index (χ0n) is 10.6. The van der Waals surface area contributed by atoms with Gasteiger partial charge in [0, 0.05) is 22.0 Å². The molecule has 1 aliphatic carbocycles. The topological polar surface area (TPSA) is 57.8 Å². The molecule has 2 aromatic rings. The Morgan fingerprint density at radius 1 is 1.42 bits per heavy atom. The number of halogens is 1. The summed E-state index contributed by atoms with van der Waals surface area (Å²) in [7, 11) is 0. The molecule has 98 valence electrons. The van der Waals surface area contributed by atoms with Gasteiger partial charge in [-0.15, -0.1) is 0 Å². The van der Waals surface area contributed by atoms with Crippen molar-refractivity contribution in [3.05, 3.63) is 45.7 Å². The van der Waals surface area contributed by atoms with Crippen molar-refractivity contribution in [2.75, 3.05) is 5.32 Å². The molecule has 0 spiro atoms. The highest BCUT2D eigenvalue weighted by Crippen LogP contribution is 2.24. The molecule has 0 radical (unpaired) electrons. The van der Waals surface area contributed by atoms with Crippen molar-refractivity contribution in [1.82, 2.24) is 10.2 Å². The maximum Gasteiger partial charge on any atom is 0.276 e. The number of benzene rings is 1. The average Bonchev–Trinajstić information content (AvgIpc) is 2.95. The third-order valence-corrected chi connectivity index (χ3v) is 3.86. The molecule has 0 saturated heterocycles. The monoisotopic (exact) mass is 275 g/mol. The number of anilines is 1. The second-order valence-electron chi connectivity index (χ2n) is 4.80. The van der Waals surface area contributed by atoms with Crippen molar-refractivity contribution in [1.29, 1.82) is 0 Å². The summed E-state index contributed by atoms with van der Waals surface area (Å²) >= 11 is 6.04. The molecule has 0 saturated carbocycles. The number of fused-ring (bicyclic) bond motifs is 1. The van der Waals surface area contributed by atoms with Gasteiger partial charge in [0.05, 0.1) is 0 Å². The van der Waals surface area contributed by atoms with Crippen LogP contribution in [-0.2, 0) is 12.8 Å². The molecule has 0 aliphatic heterocycles. The van der Waals surface area contributed by atoms with Crippen LogP contribution >= 0.6 is 11.6 Å². The van der Waals surface area contributed by atoms with Gasteiger partial charge in [-0.3, -0.25) is 9.89 Å². The van der Waals surface area contributed by atoms with Crippen LogP contribution in [0.25, 0.3) is 0 Å².